The third-order valence-electron chi connectivity index (χ3n) is 5.56. The van der Waals surface area contributed by atoms with Gasteiger partial charge in [0.2, 0.25) is 5.91 Å². The maximum Gasteiger partial charge on any atom is 0.252 e. The van der Waals surface area contributed by atoms with Crippen molar-refractivity contribution in [3.63, 3.8) is 0 Å². The van der Waals surface area contributed by atoms with Crippen molar-refractivity contribution in [1.29, 1.82) is 0 Å². The minimum atomic E-state index is -3.44. The van der Waals surface area contributed by atoms with Crippen LogP contribution in [0, 0.1) is 5.92 Å². The molecule has 1 aliphatic rings. The fourth-order valence-corrected chi connectivity index (χ4v) is 6.55. The van der Waals surface area contributed by atoms with Gasteiger partial charge in [-0.25, -0.2) is 8.42 Å². The van der Waals surface area contributed by atoms with Gasteiger partial charge in [-0.1, -0.05) is 48.5 Å². The van der Waals surface area contributed by atoms with Crippen LogP contribution in [-0.4, -0.2) is 31.7 Å². The van der Waals surface area contributed by atoms with E-state index in [-0.39, 0.29) is 17.9 Å². The van der Waals surface area contributed by atoms with Gasteiger partial charge in [-0.2, -0.15) is 4.31 Å². The van der Waals surface area contributed by atoms with E-state index in [0.29, 0.717) is 30.1 Å². The topological polar surface area (TPSA) is 66.5 Å². The van der Waals surface area contributed by atoms with E-state index < -0.39 is 10.0 Å². The molecule has 0 bridgehead atoms. The largest absolute Gasteiger partial charge is 0.349 e. The van der Waals surface area contributed by atoms with Crippen molar-refractivity contribution in [3.8, 4) is 0 Å². The molecule has 7 heteroatoms. The molecule has 0 radical (unpaired) electrons. The van der Waals surface area contributed by atoms with Crippen molar-refractivity contribution in [3.05, 3.63) is 65.5 Å². The fourth-order valence-electron chi connectivity index (χ4n) is 3.93. The average molecular weight is 429 g/mol. The van der Waals surface area contributed by atoms with Gasteiger partial charge in [0.1, 0.15) is 4.21 Å². The number of amides is 1. The molecule has 3 aromatic rings. The van der Waals surface area contributed by atoms with Crippen LogP contribution in [-0.2, 0) is 14.8 Å². The lowest BCUT2D eigenvalue weighted by Gasteiger charge is -2.31. The Morgan fingerprint density at radius 3 is 2.52 bits per heavy atom. The monoisotopic (exact) mass is 428 g/mol. The molecule has 1 amide bonds. The third-order valence-corrected chi connectivity index (χ3v) is 8.83. The van der Waals surface area contributed by atoms with Crippen molar-refractivity contribution < 1.29 is 13.2 Å². The number of benzene rings is 2. The molecule has 1 aliphatic heterocycles. The SMILES string of the molecule is CC(NC(=O)C1CCN(S(=O)(=O)c2cccs2)CC1)c1cccc2ccccc12. The van der Waals surface area contributed by atoms with Gasteiger partial charge < -0.3 is 5.32 Å². The van der Waals surface area contributed by atoms with Crippen LogP contribution in [0.4, 0.5) is 0 Å². The lowest BCUT2D eigenvalue weighted by atomic mass is 9.95. The number of hydrogen-bond donors (Lipinski definition) is 1. The van der Waals surface area contributed by atoms with Crippen molar-refractivity contribution in [1.82, 2.24) is 9.62 Å². The molecule has 5 nitrogen and oxygen atoms in total. The summed E-state index contributed by atoms with van der Waals surface area (Å²) in [6, 6.07) is 17.5. The van der Waals surface area contributed by atoms with Gasteiger partial charge in [-0.15, -0.1) is 11.3 Å². The van der Waals surface area contributed by atoms with Gasteiger partial charge in [0, 0.05) is 19.0 Å². The molecule has 152 valence electrons. The Bertz CT molecular complexity index is 1100. The Balaban J connectivity index is 1.40. The number of carbonyl (C=O) groups is 1. The summed E-state index contributed by atoms with van der Waals surface area (Å²) in [6.45, 7) is 2.75. The molecule has 1 unspecified atom stereocenters. The van der Waals surface area contributed by atoms with Crippen molar-refractivity contribution in [2.45, 2.75) is 30.0 Å². The molecule has 0 saturated carbocycles. The van der Waals surface area contributed by atoms with Gasteiger partial charge in [0.25, 0.3) is 10.0 Å². The Kier molecular flexibility index (Phi) is 5.72. The van der Waals surface area contributed by atoms with E-state index in [1.165, 1.54) is 15.6 Å². The summed E-state index contributed by atoms with van der Waals surface area (Å²) in [5.41, 5.74) is 1.09. The Hall–Kier alpha value is -2.22. The molecule has 4 rings (SSSR count). The summed E-state index contributed by atoms with van der Waals surface area (Å²) in [5.74, 6) is -0.166. The minimum Gasteiger partial charge on any atom is -0.349 e. The lowest BCUT2D eigenvalue weighted by molar-refractivity contribution is -0.126. The molecular formula is C22H24N2O3S2. The van der Waals surface area contributed by atoms with E-state index in [1.807, 2.05) is 31.2 Å². The first kappa shape index (κ1) is 20.1. The standard InChI is InChI=1S/C22H24N2O3S2/c1-16(19-9-4-7-17-6-2-3-8-20(17)19)23-22(25)18-11-13-24(14-12-18)29(26,27)21-10-5-15-28-21/h2-10,15-16,18H,11-14H2,1H3,(H,23,25). The summed E-state index contributed by atoms with van der Waals surface area (Å²) >= 11 is 1.23. The first-order valence-corrected chi connectivity index (χ1v) is 12.1. The highest BCUT2D eigenvalue weighted by Crippen LogP contribution is 2.28. The van der Waals surface area contributed by atoms with Crippen LogP contribution in [0.1, 0.15) is 31.4 Å². The molecule has 1 aromatic heterocycles. The van der Waals surface area contributed by atoms with Gasteiger partial charge >= 0.3 is 0 Å². The molecule has 2 heterocycles. The molecule has 1 N–H and O–H groups in total. The number of nitrogens with one attached hydrogen (secondary N) is 1. The van der Waals surface area contributed by atoms with E-state index in [2.05, 4.69) is 23.5 Å². The van der Waals surface area contributed by atoms with Gasteiger partial charge in [0.15, 0.2) is 0 Å². The summed E-state index contributed by atoms with van der Waals surface area (Å²) in [6.07, 6.45) is 1.08. The molecule has 29 heavy (non-hydrogen) atoms. The highest BCUT2D eigenvalue weighted by molar-refractivity contribution is 7.91. The van der Waals surface area contributed by atoms with Gasteiger partial charge in [-0.05, 0) is 47.5 Å². The van der Waals surface area contributed by atoms with Crippen LogP contribution in [0.5, 0.6) is 0 Å². The second kappa shape index (κ2) is 8.26. The number of thiophene rings is 1. The highest BCUT2D eigenvalue weighted by atomic mass is 32.2. The number of piperidine rings is 1. The van der Waals surface area contributed by atoms with Crippen LogP contribution >= 0.6 is 11.3 Å². The second-order valence-corrected chi connectivity index (χ2v) is 10.5. The Labute approximate surface area is 175 Å². The van der Waals surface area contributed by atoms with Crippen molar-refractivity contribution >= 4 is 38.0 Å². The fraction of sp³-hybridized carbons (Fsp3) is 0.318. The quantitative estimate of drug-likeness (QED) is 0.663. The average Bonchev–Trinajstić information content (AvgIpc) is 3.29. The first-order valence-electron chi connectivity index (χ1n) is 9.78. The van der Waals surface area contributed by atoms with Crippen LogP contribution in [0.15, 0.2) is 64.2 Å². The molecule has 0 aliphatic carbocycles. The van der Waals surface area contributed by atoms with Crippen molar-refractivity contribution in [2.75, 3.05) is 13.1 Å². The molecule has 2 aromatic carbocycles. The lowest BCUT2D eigenvalue weighted by Crippen LogP contribution is -2.43. The zero-order valence-electron chi connectivity index (χ0n) is 16.2. The normalized spacial score (nSPS) is 17.3. The van der Waals surface area contributed by atoms with E-state index >= 15 is 0 Å². The first-order chi connectivity index (χ1) is 14.0. The number of nitrogens with zero attached hydrogens (tertiary/aromatic N) is 1. The molecular weight excluding hydrogens is 404 g/mol. The maximum absolute atomic E-state index is 12.8. The highest BCUT2D eigenvalue weighted by Gasteiger charge is 2.33. The molecule has 1 saturated heterocycles. The zero-order chi connectivity index (χ0) is 20.4. The predicted octanol–water partition coefficient (Wildman–Crippen LogP) is 4.18. The van der Waals surface area contributed by atoms with Gasteiger partial charge in [-0.3, -0.25) is 4.79 Å². The summed E-state index contributed by atoms with van der Waals surface area (Å²) < 4.78 is 27.2. The zero-order valence-corrected chi connectivity index (χ0v) is 17.9. The van der Waals surface area contributed by atoms with Crippen LogP contribution in [0.25, 0.3) is 10.8 Å². The van der Waals surface area contributed by atoms with Crippen molar-refractivity contribution in [2.24, 2.45) is 5.92 Å². The Morgan fingerprint density at radius 2 is 1.79 bits per heavy atom. The Morgan fingerprint density at radius 1 is 1.07 bits per heavy atom. The van der Waals surface area contributed by atoms with E-state index in [9.17, 15) is 13.2 Å². The minimum absolute atomic E-state index is 0.00129. The molecule has 0 spiro atoms. The second-order valence-electron chi connectivity index (χ2n) is 7.41. The smallest absolute Gasteiger partial charge is 0.252 e. The summed E-state index contributed by atoms with van der Waals surface area (Å²) in [7, 11) is -3.44. The van der Waals surface area contributed by atoms with Gasteiger partial charge in [0.05, 0.1) is 6.04 Å². The van der Waals surface area contributed by atoms with Crippen LogP contribution < -0.4 is 5.32 Å². The number of sulfonamides is 1. The number of rotatable bonds is 5. The van der Waals surface area contributed by atoms with E-state index in [0.717, 1.165) is 16.3 Å². The summed E-state index contributed by atoms with van der Waals surface area (Å²) in [5, 5.41) is 7.19. The van der Waals surface area contributed by atoms with Crippen LogP contribution in [0.2, 0.25) is 0 Å². The van der Waals surface area contributed by atoms with E-state index in [4.69, 9.17) is 0 Å². The van der Waals surface area contributed by atoms with Crippen LogP contribution in [0.3, 0.4) is 0 Å². The number of carbonyl (C=O) groups excluding carboxylic acids is 1. The third kappa shape index (κ3) is 4.08. The number of fused-ring (bicyclic) bond motifs is 1. The number of hydrogen-bond acceptors (Lipinski definition) is 4. The van der Waals surface area contributed by atoms with E-state index in [1.54, 1.807) is 17.5 Å². The summed E-state index contributed by atoms with van der Waals surface area (Å²) in [4.78, 5) is 12.8. The molecule has 1 fully saturated rings. The predicted molar refractivity (Wildman–Crippen MR) is 116 cm³/mol. The molecule has 1 atom stereocenters. The maximum atomic E-state index is 12.8.